The molecule has 2 rings (SSSR count). The normalized spacial score (nSPS) is 31.9. The summed E-state index contributed by atoms with van der Waals surface area (Å²) in [5.41, 5.74) is 5.75. The third-order valence-corrected chi connectivity index (χ3v) is 5.38. The molecule has 0 bridgehead atoms. The van der Waals surface area contributed by atoms with Gasteiger partial charge in [0.1, 0.15) is 0 Å². The number of thiophene rings is 1. The van der Waals surface area contributed by atoms with Gasteiger partial charge in [0.2, 0.25) is 0 Å². The molecule has 96 valence electrons. The predicted molar refractivity (Wildman–Crippen MR) is 73.5 cm³/mol. The fourth-order valence-corrected chi connectivity index (χ4v) is 4.18. The number of nitrogens with two attached hydrogens (primary N) is 1. The van der Waals surface area contributed by atoms with E-state index in [1.165, 1.54) is 4.88 Å². The summed E-state index contributed by atoms with van der Waals surface area (Å²) < 4.78 is 0.805. The molecule has 1 aliphatic carbocycles. The third kappa shape index (κ3) is 2.39. The van der Waals surface area contributed by atoms with Crippen LogP contribution < -0.4 is 5.73 Å². The number of hydrogen-bond acceptors (Lipinski definition) is 3. The lowest BCUT2D eigenvalue weighted by atomic mass is 9.75. The number of halogens is 1. The molecule has 3 N–H and O–H groups in total. The Morgan fingerprint density at radius 2 is 2.18 bits per heavy atom. The van der Waals surface area contributed by atoms with Crippen LogP contribution in [0.3, 0.4) is 0 Å². The van der Waals surface area contributed by atoms with E-state index in [1.807, 2.05) is 12.1 Å². The second-order valence-corrected chi connectivity index (χ2v) is 7.64. The van der Waals surface area contributed by atoms with E-state index in [4.69, 9.17) is 17.3 Å². The molecular weight excluding hydrogens is 254 g/mol. The monoisotopic (exact) mass is 273 g/mol. The van der Waals surface area contributed by atoms with Crippen LogP contribution in [0, 0.1) is 10.8 Å². The van der Waals surface area contributed by atoms with Gasteiger partial charge in [-0.15, -0.1) is 11.3 Å². The van der Waals surface area contributed by atoms with Gasteiger partial charge < -0.3 is 10.8 Å². The van der Waals surface area contributed by atoms with Crippen molar-refractivity contribution in [3.63, 3.8) is 0 Å². The number of hydrogen-bond donors (Lipinski definition) is 2. The summed E-state index contributed by atoms with van der Waals surface area (Å²) in [6, 6.07) is 3.96. The van der Waals surface area contributed by atoms with Crippen LogP contribution in [0.25, 0.3) is 0 Å². The molecule has 2 nitrogen and oxygen atoms in total. The standard InChI is InChI=1S/C13H20ClNOS/c1-12(2)5-6-13(8-15,11(12)16)7-9-3-4-10(14)17-9/h3-4,11,16H,5-8,15H2,1-2H3. The molecule has 1 saturated carbocycles. The average molecular weight is 274 g/mol. The molecule has 0 aliphatic heterocycles. The molecule has 1 aromatic heterocycles. The molecule has 2 atom stereocenters. The molecule has 2 unspecified atom stereocenters. The molecule has 0 aromatic carbocycles. The zero-order valence-electron chi connectivity index (χ0n) is 10.4. The minimum absolute atomic E-state index is 0.0274. The van der Waals surface area contributed by atoms with E-state index < -0.39 is 0 Å². The summed E-state index contributed by atoms with van der Waals surface area (Å²) in [4.78, 5) is 1.22. The van der Waals surface area contributed by atoms with Gasteiger partial charge in [-0.2, -0.15) is 0 Å². The van der Waals surface area contributed by atoms with Crippen LogP contribution in [0.15, 0.2) is 12.1 Å². The van der Waals surface area contributed by atoms with Crippen molar-refractivity contribution in [2.24, 2.45) is 16.6 Å². The van der Waals surface area contributed by atoms with Gasteiger partial charge in [-0.25, -0.2) is 0 Å². The first-order valence-corrected chi connectivity index (χ1v) is 7.21. The van der Waals surface area contributed by atoms with Crippen LogP contribution in [0.1, 0.15) is 31.6 Å². The third-order valence-electron chi connectivity index (χ3n) is 4.15. The Kier molecular flexibility index (Phi) is 3.56. The lowest BCUT2D eigenvalue weighted by Crippen LogP contribution is -2.44. The van der Waals surface area contributed by atoms with Crippen LogP contribution in [-0.2, 0) is 6.42 Å². The summed E-state index contributed by atoms with van der Waals surface area (Å²) in [6.45, 7) is 4.78. The van der Waals surface area contributed by atoms with Gasteiger partial charge in [0.25, 0.3) is 0 Å². The van der Waals surface area contributed by atoms with Crippen LogP contribution in [0.4, 0.5) is 0 Å². The van der Waals surface area contributed by atoms with Crippen LogP contribution in [0.5, 0.6) is 0 Å². The molecule has 0 radical (unpaired) electrons. The molecule has 1 fully saturated rings. The van der Waals surface area contributed by atoms with Crippen LogP contribution >= 0.6 is 22.9 Å². The van der Waals surface area contributed by atoms with E-state index in [0.29, 0.717) is 6.54 Å². The quantitative estimate of drug-likeness (QED) is 0.889. The number of rotatable bonds is 3. The van der Waals surface area contributed by atoms with Gasteiger partial charge >= 0.3 is 0 Å². The van der Waals surface area contributed by atoms with Crippen molar-refractivity contribution >= 4 is 22.9 Å². The first-order valence-electron chi connectivity index (χ1n) is 6.02. The maximum atomic E-state index is 10.5. The number of aliphatic hydroxyl groups excluding tert-OH is 1. The van der Waals surface area contributed by atoms with Crippen molar-refractivity contribution in [1.29, 1.82) is 0 Å². The molecule has 0 saturated heterocycles. The largest absolute Gasteiger partial charge is 0.392 e. The van der Waals surface area contributed by atoms with E-state index in [9.17, 15) is 5.11 Å². The maximum absolute atomic E-state index is 10.5. The zero-order valence-corrected chi connectivity index (χ0v) is 11.9. The Labute approximate surface area is 112 Å². The van der Waals surface area contributed by atoms with Crippen molar-refractivity contribution in [3.05, 3.63) is 21.3 Å². The summed E-state index contributed by atoms with van der Waals surface area (Å²) in [5.74, 6) is 0. The predicted octanol–water partition coefficient (Wildman–Crippen LogP) is 3.07. The molecule has 17 heavy (non-hydrogen) atoms. The molecule has 1 aliphatic rings. The van der Waals surface area contributed by atoms with E-state index in [2.05, 4.69) is 13.8 Å². The van der Waals surface area contributed by atoms with Crippen LogP contribution in [-0.4, -0.2) is 17.8 Å². The second-order valence-electron chi connectivity index (χ2n) is 5.84. The van der Waals surface area contributed by atoms with Gasteiger partial charge in [0, 0.05) is 16.8 Å². The SMILES string of the molecule is CC1(C)CCC(CN)(Cc2ccc(Cl)s2)C1O. The molecule has 0 spiro atoms. The van der Waals surface area contributed by atoms with Gasteiger partial charge in [0.05, 0.1) is 10.4 Å². The second kappa shape index (κ2) is 4.54. The molecule has 4 heteroatoms. The first-order chi connectivity index (χ1) is 7.89. The Bertz CT molecular complexity index is 404. The van der Waals surface area contributed by atoms with E-state index in [0.717, 1.165) is 23.6 Å². The molecule has 1 heterocycles. The highest BCUT2D eigenvalue weighted by Gasteiger charge is 2.50. The fraction of sp³-hybridized carbons (Fsp3) is 0.692. The lowest BCUT2D eigenvalue weighted by Gasteiger charge is -2.35. The van der Waals surface area contributed by atoms with E-state index in [-0.39, 0.29) is 16.9 Å². The summed E-state index contributed by atoms with van der Waals surface area (Å²) >= 11 is 7.54. The van der Waals surface area contributed by atoms with Gasteiger partial charge in [-0.1, -0.05) is 25.4 Å². The smallest absolute Gasteiger partial charge is 0.0931 e. The Balaban J connectivity index is 2.21. The minimum atomic E-state index is -0.333. The topological polar surface area (TPSA) is 46.2 Å². The zero-order chi connectivity index (χ0) is 12.7. The van der Waals surface area contributed by atoms with Gasteiger partial charge in [-0.05, 0) is 36.8 Å². The Morgan fingerprint density at radius 3 is 2.59 bits per heavy atom. The average Bonchev–Trinajstić information content (AvgIpc) is 2.77. The summed E-state index contributed by atoms with van der Waals surface area (Å²) in [7, 11) is 0. The Morgan fingerprint density at radius 1 is 1.47 bits per heavy atom. The fourth-order valence-electron chi connectivity index (χ4n) is 2.94. The van der Waals surface area contributed by atoms with Gasteiger partial charge in [-0.3, -0.25) is 0 Å². The van der Waals surface area contributed by atoms with Gasteiger partial charge in [0.15, 0.2) is 0 Å². The molecule has 0 amide bonds. The van der Waals surface area contributed by atoms with E-state index in [1.54, 1.807) is 11.3 Å². The van der Waals surface area contributed by atoms with Crippen molar-refractivity contribution < 1.29 is 5.11 Å². The highest BCUT2D eigenvalue weighted by atomic mass is 35.5. The van der Waals surface area contributed by atoms with Crippen molar-refractivity contribution in [2.45, 2.75) is 39.2 Å². The van der Waals surface area contributed by atoms with E-state index >= 15 is 0 Å². The number of aliphatic hydroxyl groups is 1. The minimum Gasteiger partial charge on any atom is -0.392 e. The summed E-state index contributed by atoms with van der Waals surface area (Å²) in [6.07, 6.45) is 2.53. The van der Waals surface area contributed by atoms with Crippen molar-refractivity contribution in [1.82, 2.24) is 0 Å². The van der Waals surface area contributed by atoms with Crippen molar-refractivity contribution in [3.8, 4) is 0 Å². The molecular formula is C13H20ClNOS. The highest BCUT2D eigenvalue weighted by molar-refractivity contribution is 7.16. The van der Waals surface area contributed by atoms with Crippen molar-refractivity contribution in [2.75, 3.05) is 6.54 Å². The first kappa shape index (κ1) is 13.3. The highest BCUT2D eigenvalue weighted by Crippen LogP contribution is 2.50. The van der Waals surface area contributed by atoms with Crippen LogP contribution in [0.2, 0.25) is 4.34 Å². The lowest BCUT2D eigenvalue weighted by molar-refractivity contribution is -0.00426. The Hall–Kier alpha value is -0.0900. The summed E-state index contributed by atoms with van der Waals surface area (Å²) in [5, 5.41) is 10.5. The molecule has 1 aromatic rings. The maximum Gasteiger partial charge on any atom is 0.0931 e.